The first-order chi connectivity index (χ1) is 10.2. The number of ether oxygens (including phenoxy) is 1. The predicted molar refractivity (Wildman–Crippen MR) is 84.5 cm³/mol. The minimum absolute atomic E-state index is 0.201. The van der Waals surface area contributed by atoms with E-state index in [1.807, 2.05) is 37.3 Å². The summed E-state index contributed by atoms with van der Waals surface area (Å²) in [5, 5.41) is 2.89. The number of nitrogens with two attached hydrogens (primary N) is 1. The molecule has 3 N–H and O–H groups in total. The fourth-order valence-corrected chi connectivity index (χ4v) is 2.12. The lowest BCUT2D eigenvalue weighted by Crippen LogP contribution is -2.27. The Morgan fingerprint density at radius 3 is 2.62 bits per heavy atom. The molecule has 0 aliphatic heterocycles. The fourth-order valence-electron chi connectivity index (χ4n) is 2.12. The lowest BCUT2D eigenvalue weighted by atomic mass is 10.1. The molecule has 0 fully saturated rings. The molecule has 21 heavy (non-hydrogen) atoms. The van der Waals surface area contributed by atoms with Gasteiger partial charge in [0.1, 0.15) is 11.3 Å². The van der Waals surface area contributed by atoms with Gasteiger partial charge in [-0.15, -0.1) is 0 Å². The fraction of sp³-hybridized carbons (Fsp3) is 0.235. The highest BCUT2D eigenvalue weighted by Gasteiger charge is 2.15. The van der Waals surface area contributed by atoms with Crippen LogP contribution in [-0.2, 0) is 6.42 Å². The number of nitrogen functional groups attached to an aromatic ring is 1. The van der Waals surface area contributed by atoms with Crippen LogP contribution in [-0.4, -0.2) is 19.1 Å². The summed E-state index contributed by atoms with van der Waals surface area (Å²) in [4.78, 5) is 12.3. The van der Waals surface area contributed by atoms with Gasteiger partial charge in [0.2, 0.25) is 0 Å². The van der Waals surface area contributed by atoms with Crippen LogP contribution in [0.25, 0.3) is 0 Å². The van der Waals surface area contributed by atoms with Gasteiger partial charge >= 0.3 is 0 Å². The van der Waals surface area contributed by atoms with Crippen molar-refractivity contribution in [2.75, 3.05) is 18.9 Å². The topological polar surface area (TPSA) is 64.3 Å². The van der Waals surface area contributed by atoms with Crippen molar-refractivity contribution in [1.29, 1.82) is 0 Å². The van der Waals surface area contributed by atoms with Crippen molar-refractivity contribution in [3.63, 3.8) is 0 Å². The van der Waals surface area contributed by atoms with E-state index >= 15 is 0 Å². The standard InChI is InChI=1S/C17H20N2O2/c1-2-21-15-10-6-9-14(18)16(15)17(20)19-12-11-13-7-4-3-5-8-13/h3-10H,2,11-12,18H2,1H3,(H,19,20). The van der Waals surface area contributed by atoms with Gasteiger partial charge in [0.25, 0.3) is 5.91 Å². The van der Waals surface area contributed by atoms with E-state index in [2.05, 4.69) is 5.32 Å². The van der Waals surface area contributed by atoms with Crippen molar-refractivity contribution in [2.45, 2.75) is 13.3 Å². The number of rotatable bonds is 6. The molecule has 0 aliphatic rings. The largest absolute Gasteiger partial charge is 0.493 e. The molecule has 0 bridgehead atoms. The molecule has 0 radical (unpaired) electrons. The minimum atomic E-state index is -0.201. The van der Waals surface area contributed by atoms with Gasteiger partial charge in [-0.25, -0.2) is 0 Å². The van der Waals surface area contributed by atoms with Crippen molar-refractivity contribution in [2.24, 2.45) is 0 Å². The molecule has 4 nitrogen and oxygen atoms in total. The quantitative estimate of drug-likeness (QED) is 0.801. The van der Waals surface area contributed by atoms with Crippen LogP contribution >= 0.6 is 0 Å². The molecule has 0 aromatic heterocycles. The number of amides is 1. The van der Waals surface area contributed by atoms with Crippen molar-refractivity contribution in [1.82, 2.24) is 5.32 Å². The van der Waals surface area contributed by atoms with Crippen molar-refractivity contribution < 1.29 is 9.53 Å². The molecule has 1 amide bonds. The number of carbonyl (C=O) groups is 1. The average Bonchev–Trinajstić information content (AvgIpc) is 2.48. The molecule has 0 unspecified atom stereocenters. The lowest BCUT2D eigenvalue weighted by molar-refractivity contribution is 0.0951. The number of anilines is 1. The zero-order chi connectivity index (χ0) is 15.1. The Morgan fingerprint density at radius 2 is 1.90 bits per heavy atom. The molecule has 0 saturated heterocycles. The maximum absolute atomic E-state index is 12.3. The van der Waals surface area contributed by atoms with Crippen LogP contribution in [0.4, 0.5) is 5.69 Å². The Kier molecular flexibility index (Phi) is 5.21. The highest BCUT2D eigenvalue weighted by atomic mass is 16.5. The normalized spacial score (nSPS) is 10.1. The first-order valence-electron chi connectivity index (χ1n) is 7.05. The van der Waals surface area contributed by atoms with Crippen LogP contribution in [0, 0.1) is 0 Å². The molecule has 0 spiro atoms. The Bertz CT molecular complexity index is 597. The van der Waals surface area contributed by atoms with E-state index in [1.54, 1.807) is 18.2 Å². The van der Waals surface area contributed by atoms with Crippen LogP contribution in [0.15, 0.2) is 48.5 Å². The van der Waals surface area contributed by atoms with Crippen LogP contribution < -0.4 is 15.8 Å². The predicted octanol–water partition coefficient (Wildman–Crippen LogP) is 2.64. The van der Waals surface area contributed by atoms with Crippen molar-refractivity contribution in [3.8, 4) is 5.75 Å². The maximum atomic E-state index is 12.3. The highest BCUT2D eigenvalue weighted by Crippen LogP contribution is 2.24. The van der Waals surface area contributed by atoms with E-state index in [9.17, 15) is 4.79 Å². The van der Waals surface area contributed by atoms with Gasteiger partial charge in [0.15, 0.2) is 0 Å². The summed E-state index contributed by atoms with van der Waals surface area (Å²) in [7, 11) is 0. The number of nitrogens with one attached hydrogen (secondary N) is 1. The Hall–Kier alpha value is -2.49. The van der Waals surface area contributed by atoms with E-state index in [-0.39, 0.29) is 5.91 Å². The van der Waals surface area contributed by atoms with E-state index in [1.165, 1.54) is 5.56 Å². The third-order valence-electron chi connectivity index (χ3n) is 3.13. The summed E-state index contributed by atoms with van der Waals surface area (Å²) in [5.74, 6) is 0.321. The summed E-state index contributed by atoms with van der Waals surface area (Å²) in [6, 6.07) is 15.3. The molecule has 2 rings (SSSR count). The third-order valence-corrected chi connectivity index (χ3v) is 3.13. The first-order valence-corrected chi connectivity index (χ1v) is 7.05. The molecule has 2 aromatic rings. The smallest absolute Gasteiger partial charge is 0.257 e. The van der Waals surface area contributed by atoms with Gasteiger partial charge < -0.3 is 15.8 Å². The monoisotopic (exact) mass is 284 g/mol. The molecule has 110 valence electrons. The van der Waals surface area contributed by atoms with E-state index in [0.29, 0.717) is 30.2 Å². The van der Waals surface area contributed by atoms with Crippen molar-refractivity contribution in [3.05, 3.63) is 59.7 Å². The van der Waals surface area contributed by atoms with Gasteiger partial charge in [-0.3, -0.25) is 4.79 Å². The summed E-state index contributed by atoms with van der Waals surface area (Å²) >= 11 is 0. The van der Waals surface area contributed by atoms with Gasteiger partial charge in [-0.05, 0) is 31.0 Å². The van der Waals surface area contributed by atoms with Crippen molar-refractivity contribution >= 4 is 11.6 Å². The molecule has 2 aromatic carbocycles. The Morgan fingerprint density at radius 1 is 1.14 bits per heavy atom. The van der Waals surface area contributed by atoms with Gasteiger partial charge in [0, 0.05) is 12.2 Å². The maximum Gasteiger partial charge on any atom is 0.257 e. The molecule has 0 aliphatic carbocycles. The summed E-state index contributed by atoms with van der Waals surface area (Å²) < 4.78 is 5.46. The molecular formula is C17H20N2O2. The van der Waals surface area contributed by atoms with Crippen LogP contribution in [0.5, 0.6) is 5.75 Å². The minimum Gasteiger partial charge on any atom is -0.493 e. The second-order valence-electron chi connectivity index (χ2n) is 4.64. The first kappa shape index (κ1) is 14.9. The number of benzene rings is 2. The van der Waals surface area contributed by atoms with Crippen LogP contribution in [0.1, 0.15) is 22.8 Å². The lowest BCUT2D eigenvalue weighted by Gasteiger charge is -2.12. The van der Waals surface area contributed by atoms with E-state index < -0.39 is 0 Å². The van der Waals surface area contributed by atoms with Gasteiger partial charge in [-0.2, -0.15) is 0 Å². The second kappa shape index (κ2) is 7.33. The van der Waals surface area contributed by atoms with Gasteiger partial charge in [0.05, 0.1) is 6.61 Å². The molecule has 0 heterocycles. The second-order valence-corrected chi connectivity index (χ2v) is 4.64. The third kappa shape index (κ3) is 3.99. The van der Waals surface area contributed by atoms with E-state index in [0.717, 1.165) is 6.42 Å². The van der Waals surface area contributed by atoms with Crippen LogP contribution in [0.3, 0.4) is 0 Å². The molecule has 0 saturated carbocycles. The van der Waals surface area contributed by atoms with E-state index in [4.69, 9.17) is 10.5 Å². The Balaban J connectivity index is 2.00. The van der Waals surface area contributed by atoms with Gasteiger partial charge in [-0.1, -0.05) is 36.4 Å². The summed E-state index contributed by atoms with van der Waals surface area (Å²) in [5.41, 5.74) is 7.92. The average molecular weight is 284 g/mol. The molecular weight excluding hydrogens is 264 g/mol. The number of hydrogen-bond donors (Lipinski definition) is 2. The highest BCUT2D eigenvalue weighted by molar-refractivity contribution is 6.01. The summed E-state index contributed by atoms with van der Waals surface area (Å²) in [6.45, 7) is 2.93. The number of carbonyl (C=O) groups excluding carboxylic acids is 1. The Labute approximate surface area is 124 Å². The van der Waals surface area contributed by atoms with Crippen LogP contribution in [0.2, 0.25) is 0 Å². The zero-order valence-corrected chi connectivity index (χ0v) is 12.1. The number of hydrogen-bond acceptors (Lipinski definition) is 3. The zero-order valence-electron chi connectivity index (χ0n) is 12.1. The molecule has 0 atom stereocenters. The summed E-state index contributed by atoms with van der Waals surface area (Å²) in [6.07, 6.45) is 0.781. The SMILES string of the molecule is CCOc1cccc(N)c1C(=O)NCCc1ccccc1. The molecule has 4 heteroatoms.